The van der Waals surface area contributed by atoms with Crippen molar-refractivity contribution >= 4 is 0 Å². The minimum Gasteiger partial charge on any atom is -0.0988 e. The van der Waals surface area contributed by atoms with E-state index in [1.54, 1.807) is 0 Å². The van der Waals surface area contributed by atoms with Crippen LogP contribution in [0.1, 0.15) is 13.3 Å². The molecule has 0 saturated heterocycles. The number of hydrogen-bond acceptors (Lipinski definition) is 0. The minimum absolute atomic E-state index is 0.859. The lowest BCUT2D eigenvalue weighted by Gasteiger charge is -1.83. The van der Waals surface area contributed by atoms with E-state index in [-0.39, 0.29) is 0 Å². The Balaban J connectivity index is 3.49. The van der Waals surface area contributed by atoms with Gasteiger partial charge in [-0.2, -0.15) is 0 Å². The van der Waals surface area contributed by atoms with Gasteiger partial charge in [0.25, 0.3) is 0 Å². The maximum atomic E-state index is 3.65. The SMILES string of the molecule is [CH2]CC=C(C)C=C. The van der Waals surface area contributed by atoms with Gasteiger partial charge >= 0.3 is 0 Å². The smallest absolute Gasteiger partial charge is 0.0345 e. The van der Waals surface area contributed by atoms with Crippen molar-refractivity contribution in [3.63, 3.8) is 0 Å². The second kappa shape index (κ2) is 3.66. The van der Waals surface area contributed by atoms with E-state index in [0.29, 0.717) is 0 Å². The molecule has 0 aliphatic rings. The third-order valence-electron chi connectivity index (χ3n) is 0.788. The highest BCUT2D eigenvalue weighted by Gasteiger charge is 1.71. The van der Waals surface area contributed by atoms with Crippen molar-refractivity contribution in [1.82, 2.24) is 0 Å². The summed E-state index contributed by atoms with van der Waals surface area (Å²) in [6.07, 6.45) is 4.72. The second-order valence-electron chi connectivity index (χ2n) is 1.44. The topological polar surface area (TPSA) is 0 Å². The van der Waals surface area contributed by atoms with Gasteiger partial charge in [0, 0.05) is 0 Å². The molecule has 0 N–H and O–H groups in total. The van der Waals surface area contributed by atoms with Crippen LogP contribution in [-0.2, 0) is 0 Å². The molecule has 39 valence electrons. The molecule has 0 aliphatic heterocycles. The van der Waals surface area contributed by atoms with Crippen molar-refractivity contribution in [2.24, 2.45) is 0 Å². The minimum atomic E-state index is 0.859. The van der Waals surface area contributed by atoms with E-state index >= 15 is 0 Å². The summed E-state index contributed by atoms with van der Waals surface area (Å²) in [7, 11) is 0. The average Bonchev–Trinajstić information content (AvgIpc) is 1.68. The van der Waals surface area contributed by atoms with Crippen LogP contribution in [-0.4, -0.2) is 0 Å². The molecule has 1 radical (unpaired) electrons. The zero-order chi connectivity index (χ0) is 5.70. The molecule has 0 bridgehead atoms. The first kappa shape index (κ1) is 6.48. The Morgan fingerprint density at radius 1 is 1.71 bits per heavy atom. The molecule has 0 spiro atoms. The van der Waals surface area contributed by atoms with Crippen LogP contribution in [0, 0.1) is 6.92 Å². The third kappa shape index (κ3) is 3.31. The molecule has 0 heterocycles. The summed E-state index contributed by atoms with van der Waals surface area (Å²) >= 11 is 0. The van der Waals surface area contributed by atoms with Gasteiger partial charge in [0.2, 0.25) is 0 Å². The van der Waals surface area contributed by atoms with Crippen molar-refractivity contribution in [2.75, 3.05) is 0 Å². The Morgan fingerprint density at radius 3 is 2.43 bits per heavy atom. The van der Waals surface area contributed by atoms with E-state index < -0.39 is 0 Å². The lowest BCUT2D eigenvalue weighted by Crippen LogP contribution is -1.62. The molecule has 0 aromatic heterocycles. The first-order valence-corrected chi connectivity index (χ1v) is 2.39. The molecule has 0 aromatic carbocycles. The summed E-state index contributed by atoms with van der Waals surface area (Å²) in [4.78, 5) is 0. The van der Waals surface area contributed by atoms with Crippen LogP contribution in [0.15, 0.2) is 24.3 Å². The first-order chi connectivity index (χ1) is 3.31. The van der Waals surface area contributed by atoms with Crippen molar-refractivity contribution < 1.29 is 0 Å². The molecule has 0 atom stereocenters. The van der Waals surface area contributed by atoms with Crippen LogP contribution in [0.4, 0.5) is 0 Å². The van der Waals surface area contributed by atoms with Gasteiger partial charge in [0.1, 0.15) is 0 Å². The fourth-order valence-corrected chi connectivity index (χ4v) is 0.311. The van der Waals surface area contributed by atoms with Gasteiger partial charge in [-0.15, -0.1) is 0 Å². The van der Waals surface area contributed by atoms with E-state index in [9.17, 15) is 0 Å². The molecule has 0 unspecified atom stereocenters. The highest BCUT2D eigenvalue weighted by molar-refractivity contribution is 5.12. The summed E-state index contributed by atoms with van der Waals surface area (Å²) in [6, 6.07) is 0. The molecule has 0 aliphatic carbocycles. The van der Waals surface area contributed by atoms with Crippen molar-refractivity contribution in [3.05, 3.63) is 31.2 Å². The third-order valence-corrected chi connectivity index (χ3v) is 0.788. The van der Waals surface area contributed by atoms with Crippen LogP contribution in [0.25, 0.3) is 0 Å². The molecule has 0 aromatic rings. The van der Waals surface area contributed by atoms with Crippen molar-refractivity contribution in [1.29, 1.82) is 0 Å². The summed E-state index contributed by atoms with van der Waals surface area (Å²) < 4.78 is 0. The lowest BCUT2D eigenvalue weighted by molar-refractivity contribution is 1.34. The van der Waals surface area contributed by atoms with E-state index in [0.717, 1.165) is 6.42 Å². The molecule has 0 rings (SSSR count). The number of hydrogen-bond donors (Lipinski definition) is 0. The van der Waals surface area contributed by atoms with E-state index in [1.165, 1.54) is 5.57 Å². The Hall–Kier alpha value is -0.520. The molecule has 0 saturated carbocycles. The predicted molar refractivity (Wildman–Crippen MR) is 33.9 cm³/mol. The molecule has 7 heavy (non-hydrogen) atoms. The monoisotopic (exact) mass is 95.1 g/mol. The Labute approximate surface area is 45.5 Å². The standard InChI is InChI=1S/C7H11/c1-4-6-7(3)5-2/h5-6H,1-2,4H2,3H3. The lowest BCUT2D eigenvalue weighted by atomic mass is 10.2. The van der Waals surface area contributed by atoms with Gasteiger partial charge in [-0.1, -0.05) is 24.3 Å². The van der Waals surface area contributed by atoms with Crippen LogP contribution in [0.3, 0.4) is 0 Å². The van der Waals surface area contributed by atoms with E-state index in [4.69, 9.17) is 0 Å². The normalized spacial score (nSPS) is 11.4. The first-order valence-electron chi connectivity index (χ1n) is 2.39. The predicted octanol–water partition coefficient (Wildman–Crippen LogP) is 2.34. The Morgan fingerprint density at radius 2 is 2.29 bits per heavy atom. The maximum absolute atomic E-state index is 3.65. The Bertz CT molecular complexity index is 78.0. The Kier molecular flexibility index (Phi) is 3.39. The molecule has 0 amide bonds. The van der Waals surface area contributed by atoms with E-state index in [2.05, 4.69) is 13.5 Å². The van der Waals surface area contributed by atoms with Gasteiger partial charge in [-0.25, -0.2) is 0 Å². The zero-order valence-electron chi connectivity index (χ0n) is 4.78. The van der Waals surface area contributed by atoms with Crippen LogP contribution >= 0.6 is 0 Å². The molecular formula is C7H11. The fourth-order valence-electron chi connectivity index (χ4n) is 0.311. The quantitative estimate of drug-likeness (QED) is 0.462. The fraction of sp³-hybridized carbons (Fsp3) is 0.286. The molecule has 0 nitrogen and oxygen atoms in total. The van der Waals surface area contributed by atoms with Gasteiger partial charge < -0.3 is 0 Å². The van der Waals surface area contributed by atoms with Gasteiger partial charge in [0.05, 0.1) is 0 Å². The molecule has 0 fully saturated rings. The van der Waals surface area contributed by atoms with E-state index in [1.807, 2.05) is 19.1 Å². The van der Waals surface area contributed by atoms with Crippen LogP contribution < -0.4 is 0 Å². The van der Waals surface area contributed by atoms with Crippen LogP contribution in [0.5, 0.6) is 0 Å². The largest absolute Gasteiger partial charge is 0.0988 e. The summed E-state index contributed by atoms with van der Waals surface area (Å²) in [5.74, 6) is 0. The summed E-state index contributed by atoms with van der Waals surface area (Å²) in [5.41, 5.74) is 1.20. The molecule has 0 heteroatoms. The molecular weight excluding hydrogens is 84.1 g/mol. The van der Waals surface area contributed by atoms with Gasteiger partial charge in [0.15, 0.2) is 0 Å². The summed E-state index contributed by atoms with van der Waals surface area (Å²) in [6.45, 7) is 9.24. The van der Waals surface area contributed by atoms with Crippen molar-refractivity contribution in [2.45, 2.75) is 13.3 Å². The highest BCUT2D eigenvalue weighted by atomic mass is 13.8. The zero-order valence-corrected chi connectivity index (χ0v) is 4.78. The van der Waals surface area contributed by atoms with Gasteiger partial charge in [-0.3, -0.25) is 0 Å². The summed E-state index contributed by atoms with van der Waals surface area (Å²) in [5, 5.41) is 0. The second-order valence-corrected chi connectivity index (χ2v) is 1.44. The number of rotatable bonds is 2. The van der Waals surface area contributed by atoms with Crippen LogP contribution in [0.2, 0.25) is 0 Å². The highest BCUT2D eigenvalue weighted by Crippen LogP contribution is 1.92. The number of allylic oxidation sites excluding steroid dienone is 3. The average molecular weight is 95.2 g/mol. The van der Waals surface area contributed by atoms with Crippen molar-refractivity contribution in [3.8, 4) is 0 Å². The van der Waals surface area contributed by atoms with Gasteiger partial charge in [-0.05, 0) is 20.3 Å². The maximum Gasteiger partial charge on any atom is -0.0345 e.